The minimum atomic E-state index is -0.291. The van der Waals surface area contributed by atoms with E-state index in [4.69, 9.17) is 5.73 Å². The molecule has 0 aliphatic carbocycles. The molecule has 0 aliphatic rings. The topological polar surface area (TPSA) is 97.1 Å². The number of thiazole rings is 1. The smallest absolute Gasteiger partial charge is 0.275 e. The van der Waals surface area contributed by atoms with E-state index in [2.05, 4.69) is 15.6 Å². The van der Waals surface area contributed by atoms with Crippen LogP contribution in [0.3, 0.4) is 0 Å². The minimum absolute atomic E-state index is 0. The minimum Gasteiger partial charge on any atom is -0.352 e. The molecule has 2 aromatic rings. The highest BCUT2D eigenvalue weighted by molar-refractivity contribution is 7.09. The van der Waals surface area contributed by atoms with Crippen LogP contribution in [-0.4, -0.2) is 29.9 Å². The van der Waals surface area contributed by atoms with Gasteiger partial charge in [0.1, 0.15) is 5.69 Å². The van der Waals surface area contributed by atoms with Gasteiger partial charge in [0.15, 0.2) is 0 Å². The second-order valence-electron chi connectivity index (χ2n) is 5.01. The van der Waals surface area contributed by atoms with Crippen LogP contribution in [0.1, 0.15) is 38.3 Å². The Morgan fingerprint density at radius 1 is 1.29 bits per heavy atom. The van der Waals surface area contributed by atoms with E-state index >= 15 is 0 Å². The van der Waals surface area contributed by atoms with Crippen molar-refractivity contribution in [1.82, 2.24) is 10.3 Å². The molecule has 130 valence electrons. The number of aromatic nitrogens is 1. The van der Waals surface area contributed by atoms with Gasteiger partial charge in [-0.3, -0.25) is 9.59 Å². The van der Waals surface area contributed by atoms with Gasteiger partial charge in [-0.15, -0.1) is 23.7 Å². The lowest BCUT2D eigenvalue weighted by Crippen LogP contribution is -2.23. The molecular formula is C16H21ClN4O2S. The van der Waals surface area contributed by atoms with Gasteiger partial charge in [-0.1, -0.05) is 6.07 Å². The maximum absolute atomic E-state index is 12.3. The van der Waals surface area contributed by atoms with E-state index in [9.17, 15) is 9.59 Å². The lowest BCUT2D eigenvalue weighted by molar-refractivity contribution is 0.0954. The Hall–Kier alpha value is -1.96. The molecule has 0 saturated carbocycles. The summed E-state index contributed by atoms with van der Waals surface area (Å²) in [6, 6.07) is 5.21. The molecule has 0 saturated heterocycles. The van der Waals surface area contributed by atoms with Gasteiger partial charge in [-0.25, -0.2) is 4.98 Å². The van der Waals surface area contributed by atoms with Crippen LogP contribution in [0, 0.1) is 6.92 Å². The monoisotopic (exact) mass is 368 g/mol. The number of aryl methyl sites for hydroxylation is 1. The number of rotatable bonds is 6. The molecule has 0 fully saturated rings. The Bertz CT molecular complexity index is 718. The fraction of sp³-hybridized carbons (Fsp3) is 0.312. The van der Waals surface area contributed by atoms with Crippen LogP contribution in [0.25, 0.3) is 0 Å². The molecule has 1 aromatic heterocycles. The van der Waals surface area contributed by atoms with Crippen molar-refractivity contribution in [2.45, 2.75) is 20.3 Å². The van der Waals surface area contributed by atoms with Crippen LogP contribution in [0.2, 0.25) is 0 Å². The van der Waals surface area contributed by atoms with E-state index in [0.717, 1.165) is 10.6 Å². The molecule has 0 spiro atoms. The maximum Gasteiger partial charge on any atom is 0.275 e. The average Bonchev–Trinajstić information content (AvgIpc) is 2.99. The van der Waals surface area contributed by atoms with Crippen molar-refractivity contribution >= 4 is 41.2 Å². The van der Waals surface area contributed by atoms with Gasteiger partial charge >= 0.3 is 0 Å². The zero-order chi connectivity index (χ0) is 16.8. The number of hydrogen-bond acceptors (Lipinski definition) is 5. The van der Waals surface area contributed by atoms with E-state index in [1.807, 2.05) is 13.8 Å². The molecule has 0 aliphatic heterocycles. The molecule has 0 bridgehead atoms. The summed E-state index contributed by atoms with van der Waals surface area (Å²) < 4.78 is 0. The molecule has 0 unspecified atom stereocenters. The highest BCUT2D eigenvalue weighted by Crippen LogP contribution is 2.19. The number of carbonyl (C=O) groups is 2. The molecule has 4 N–H and O–H groups in total. The molecular weight excluding hydrogens is 348 g/mol. The summed E-state index contributed by atoms with van der Waals surface area (Å²) in [5.74, 6) is -0.456. The highest BCUT2D eigenvalue weighted by Gasteiger charge is 2.13. The number of halogens is 1. The molecule has 1 aromatic carbocycles. The summed E-state index contributed by atoms with van der Waals surface area (Å²) >= 11 is 1.42. The number of nitrogens with two attached hydrogens (primary N) is 1. The number of anilines is 1. The second kappa shape index (κ2) is 9.36. The Morgan fingerprint density at radius 2 is 2.04 bits per heavy atom. The zero-order valence-corrected chi connectivity index (χ0v) is 15.2. The third kappa shape index (κ3) is 5.02. The maximum atomic E-state index is 12.3. The van der Waals surface area contributed by atoms with Gasteiger partial charge < -0.3 is 16.4 Å². The van der Waals surface area contributed by atoms with E-state index in [-0.39, 0.29) is 24.2 Å². The molecule has 2 rings (SSSR count). The van der Waals surface area contributed by atoms with E-state index in [0.29, 0.717) is 36.5 Å². The molecule has 0 atom stereocenters. The number of carbonyl (C=O) groups excluding carboxylic acids is 2. The Balaban J connectivity index is 0.00000288. The lowest BCUT2D eigenvalue weighted by Gasteiger charge is -2.10. The largest absolute Gasteiger partial charge is 0.352 e. The molecule has 6 nitrogen and oxygen atoms in total. The number of nitrogens with one attached hydrogen (secondary N) is 2. The standard InChI is InChI=1S/C16H20N4O2S.ClH/c1-3-18-15(21)11-5-4-10(2)12(8-11)20-16(22)13-9-23-14(19-13)6-7-17;/h4-5,8-9H,3,6-7,17H2,1-2H3,(H,18,21)(H,20,22);1H. The van der Waals surface area contributed by atoms with Crippen LogP contribution >= 0.6 is 23.7 Å². The van der Waals surface area contributed by atoms with E-state index in [1.165, 1.54) is 11.3 Å². The second-order valence-corrected chi connectivity index (χ2v) is 5.95. The van der Waals surface area contributed by atoms with Gasteiger partial charge in [0, 0.05) is 29.6 Å². The van der Waals surface area contributed by atoms with Gasteiger partial charge in [0.25, 0.3) is 11.8 Å². The predicted octanol–water partition coefficient (Wildman–Crippen LogP) is 2.38. The first-order chi connectivity index (χ1) is 11.0. The summed E-state index contributed by atoms with van der Waals surface area (Å²) in [4.78, 5) is 28.4. The van der Waals surface area contributed by atoms with Crippen LogP contribution in [-0.2, 0) is 6.42 Å². The lowest BCUT2D eigenvalue weighted by atomic mass is 10.1. The van der Waals surface area contributed by atoms with Crippen molar-refractivity contribution in [1.29, 1.82) is 0 Å². The Morgan fingerprint density at radius 3 is 2.71 bits per heavy atom. The number of benzene rings is 1. The normalized spacial score (nSPS) is 9.96. The summed E-state index contributed by atoms with van der Waals surface area (Å²) in [5.41, 5.74) is 7.84. The number of hydrogen-bond donors (Lipinski definition) is 3. The molecule has 1 heterocycles. The number of amides is 2. The first-order valence-corrected chi connectivity index (χ1v) is 8.27. The quantitative estimate of drug-likeness (QED) is 0.729. The van der Waals surface area contributed by atoms with E-state index < -0.39 is 0 Å². The van der Waals surface area contributed by atoms with Crippen molar-refractivity contribution in [3.63, 3.8) is 0 Å². The molecule has 0 radical (unpaired) electrons. The fourth-order valence-electron chi connectivity index (χ4n) is 2.00. The summed E-state index contributed by atoms with van der Waals surface area (Å²) in [6.45, 7) is 4.79. The molecule has 24 heavy (non-hydrogen) atoms. The highest BCUT2D eigenvalue weighted by atomic mass is 35.5. The van der Waals surface area contributed by atoms with Crippen molar-refractivity contribution in [2.24, 2.45) is 5.73 Å². The summed E-state index contributed by atoms with van der Waals surface area (Å²) in [7, 11) is 0. The van der Waals surface area contributed by atoms with Gasteiger partial charge in [-0.05, 0) is 38.1 Å². The van der Waals surface area contributed by atoms with Gasteiger partial charge in [0.2, 0.25) is 0 Å². The van der Waals surface area contributed by atoms with Crippen molar-refractivity contribution in [2.75, 3.05) is 18.4 Å². The summed E-state index contributed by atoms with van der Waals surface area (Å²) in [5, 5.41) is 8.10. The molecule has 8 heteroatoms. The first kappa shape index (κ1) is 20.1. The zero-order valence-electron chi connectivity index (χ0n) is 13.6. The van der Waals surface area contributed by atoms with E-state index in [1.54, 1.807) is 23.6 Å². The van der Waals surface area contributed by atoms with Crippen LogP contribution in [0.4, 0.5) is 5.69 Å². The first-order valence-electron chi connectivity index (χ1n) is 7.39. The Kier molecular flexibility index (Phi) is 7.84. The molecule has 2 amide bonds. The van der Waals surface area contributed by atoms with Crippen molar-refractivity contribution in [3.8, 4) is 0 Å². The fourth-order valence-corrected chi connectivity index (χ4v) is 2.79. The van der Waals surface area contributed by atoms with Crippen molar-refractivity contribution in [3.05, 3.63) is 45.4 Å². The Labute approximate surface area is 151 Å². The SMILES string of the molecule is CCNC(=O)c1ccc(C)c(NC(=O)c2csc(CCN)n2)c1.Cl. The van der Waals surface area contributed by atoms with Crippen LogP contribution in [0.5, 0.6) is 0 Å². The average molecular weight is 369 g/mol. The van der Waals surface area contributed by atoms with Crippen molar-refractivity contribution < 1.29 is 9.59 Å². The van der Waals surface area contributed by atoms with Gasteiger partial charge in [0.05, 0.1) is 5.01 Å². The van der Waals surface area contributed by atoms with Gasteiger partial charge in [-0.2, -0.15) is 0 Å². The summed E-state index contributed by atoms with van der Waals surface area (Å²) in [6.07, 6.45) is 0.656. The van der Waals surface area contributed by atoms with Crippen LogP contribution < -0.4 is 16.4 Å². The third-order valence-corrected chi connectivity index (χ3v) is 4.14. The predicted molar refractivity (Wildman–Crippen MR) is 99.3 cm³/mol. The third-order valence-electron chi connectivity index (χ3n) is 3.23. The van der Waals surface area contributed by atoms with Crippen LogP contribution in [0.15, 0.2) is 23.6 Å². The number of nitrogens with zero attached hydrogens (tertiary/aromatic N) is 1.